The predicted octanol–water partition coefficient (Wildman–Crippen LogP) is 1.40. The summed E-state index contributed by atoms with van der Waals surface area (Å²) in [5.41, 5.74) is 0.974. The van der Waals surface area contributed by atoms with E-state index in [0.717, 1.165) is 21.8 Å². The van der Waals surface area contributed by atoms with Crippen molar-refractivity contribution in [3.8, 4) is 0 Å². The van der Waals surface area contributed by atoms with Crippen LogP contribution in [0.3, 0.4) is 0 Å². The van der Waals surface area contributed by atoms with Crippen molar-refractivity contribution in [2.45, 2.75) is 23.5 Å². The second-order valence-corrected chi connectivity index (χ2v) is 8.43. The number of aryl methyl sites for hydroxylation is 2. The minimum Gasteiger partial charge on any atom is -0.276 e. The van der Waals surface area contributed by atoms with Crippen molar-refractivity contribution in [1.82, 2.24) is 14.5 Å². The summed E-state index contributed by atoms with van der Waals surface area (Å²) in [6.07, 6.45) is 4.24. The van der Waals surface area contributed by atoms with Crippen molar-refractivity contribution in [3.63, 3.8) is 0 Å². The molecule has 0 bridgehead atoms. The number of thiophene rings is 1. The molecule has 2 aromatic rings. The van der Waals surface area contributed by atoms with Crippen molar-refractivity contribution in [3.05, 3.63) is 35.0 Å². The Hall–Kier alpha value is -1.67. The normalized spacial score (nSPS) is 21.2. The Balaban J connectivity index is 1.68. The molecule has 8 heteroatoms. The minimum absolute atomic E-state index is 0.0685. The van der Waals surface area contributed by atoms with Gasteiger partial charge < -0.3 is 0 Å². The third kappa shape index (κ3) is 2.86. The van der Waals surface area contributed by atoms with Gasteiger partial charge in [0.15, 0.2) is 0 Å². The summed E-state index contributed by atoms with van der Waals surface area (Å²) in [7, 11) is -1.94. The van der Waals surface area contributed by atoms with E-state index in [1.165, 1.54) is 6.07 Å². The third-order valence-corrected chi connectivity index (χ3v) is 6.34. The zero-order chi connectivity index (χ0) is 15.2. The lowest BCUT2D eigenvalue weighted by Gasteiger charge is -2.04. The Bertz CT molecular complexity index is 791. The fraction of sp³-hybridized carbons (Fsp3) is 0.385. The van der Waals surface area contributed by atoms with Crippen LogP contribution in [0.4, 0.5) is 0 Å². The van der Waals surface area contributed by atoms with Crippen LogP contribution in [0.1, 0.15) is 22.8 Å². The van der Waals surface area contributed by atoms with Gasteiger partial charge in [-0.25, -0.2) is 13.1 Å². The van der Waals surface area contributed by atoms with Gasteiger partial charge in [-0.05, 0) is 37.0 Å². The summed E-state index contributed by atoms with van der Waals surface area (Å²) in [5, 5.41) is 4.06. The summed E-state index contributed by atoms with van der Waals surface area (Å²) in [6, 6.07) is 3.24. The molecule has 0 aromatic carbocycles. The first-order valence-electron chi connectivity index (χ1n) is 6.48. The van der Waals surface area contributed by atoms with Gasteiger partial charge in [0.1, 0.15) is 4.21 Å². The largest absolute Gasteiger partial charge is 0.276 e. The van der Waals surface area contributed by atoms with Crippen LogP contribution in [0.2, 0.25) is 0 Å². The van der Waals surface area contributed by atoms with Gasteiger partial charge in [-0.3, -0.25) is 9.48 Å². The third-order valence-electron chi connectivity index (χ3n) is 3.50. The van der Waals surface area contributed by atoms with Gasteiger partial charge in [-0.2, -0.15) is 5.10 Å². The molecule has 0 aliphatic heterocycles. The zero-order valence-corrected chi connectivity index (χ0v) is 13.2. The van der Waals surface area contributed by atoms with Crippen molar-refractivity contribution in [1.29, 1.82) is 0 Å². The van der Waals surface area contributed by atoms with E-state index < -0.39 is 15.9 Å². The van der Waals surface area contributed by atoms with Crippen molar-refractivity contribution < 1.29 is 13.2 Å². The number of aromatic nitrogens is 2. The molecule has 21 heavy (non-hydrogen) atoms. The van der Waals surface area contributed by atoms with Crippen LogP contribution in [-0.2, 0) is 21.9 Å². The Kier molecular flexibility index (Phi) is 3.37. The Morgan fingerprint density at radius 1 is 1.48 bits per heavy atom. The molecule has 2 unspecified atom stereocenters. The maximum absolute atomic E-state index is 12.1. The van der Waals surface area contributed by atoms with Crippen molar-refractivity contribution in [2.24, 2.45) is 13.0 Å². The number of amides is 1. The molecular formula is C13H15N3O3S2. The van der Waals surface area contributed by atoms with E-state index in [2.05, 4.69) is 9.82 Å². The van der Waals surface area contributed by atoms with Crippen LogP contribution >= 0.6 is 11.3 Å². The second-order valence-electron chi connectivity index (χ2n) is 5.23. The van der Waals surface area contributed by atoms with E-state index in [1.54, 1.807) is 16.9 Å². The summed E-state index contributed by atoms with van der Waals surface area (Å²) in [6.45, 7) is 1.82. The second kappa shape index (κ2) is 4.96. The molecule has 1 fully saturated rings. The highest BCUT2D eigenvalue weighted by Gasteiger charge is 2.45. The molecule has 1 N–H and O–H groups in total. The van der Waals surface area contributed by atoms with Gasteiger partial charge in [-0.15, -0.1) is 11.3 Å². The Morgan fingerprint density at radius 3 is 2.81 bits per heavy atom. The van der Waals surface area contributed by atoms with E-state index in [-0.39, 0.29) is 16.0 Å². The molecule has 3 rings (SSSR count). The molecule has 2 atom stereocenters. The Morgan fingerprint density at radius 2 is 2.24 bits per heavy atom. The standard InChI is InChI=1S/C13H15N3O3S2/c1-8-3-4-12(20-8)21(18,19)15-13(17)11-5-10(11)9-6-14-16(2)7-9/h3-4,6-7,10-11H,5H2,1-2H3,(H,15,17). The minimum atomic E-state index is -3.75. The van der Waals surface area contributed by atoms with Crippen LogP contribution in [0, 0.1) is 12.8 Å². The molecule has 1 amide bonds. The van der Waals surface area contributed by atoms with Crippen LogP contribution in [0.5, 0.6) is 0 Å². The number of nitrogens with one attached hydrogen (secondary N) is 1. The first kappa shape index (κ1) is 14.3. The number of hydrogen-bond acceptors (Lipinski definition) is 5. The highest BCUT2D eigenvalue weighted by Crippen LogP contribution is 2.47. The molecule has 0 saturated heterocycles. The van der Waals surface area contributed by atoms with Gasteiger partial charge in [-0.1, -0.05) is 0 Å². The smallest absolute Gasteiger partial charge is 0.273 e. The summed E-state index contributed by atoms with van der Waals surface area (Å²) < 4.78 is 28.2. The lowest BCUT2D eigenvalue weighted by atomic mass is 10.2. The van der Waals surface area contributed by atoms with Crippen LogP contribution in [0.25, 0.3) is 0 Å². The van der Waals surface area contributed by atoms with Crippen LogP contribution < -0.4 is 4.72 Å². The van der Waals surface area contributed by atoms with E-state index in [9.17, 15) is 13.2 Å². The molecule has 1 aliphatic carbocycles. The highest BCUT2D eigenvalue weighted by molar-refractivity contribution is 7.92. The summed E-state index contributed by atoms with van der Waals surface area (Å²) in [5.74, 6) is -0.654. The van der Waals surface area contributed by atoms with E-state index in [4.69, 9.17) is 0 Å². The van der Waals surface area contributed by atoms with Gasteiger partial charge in [0, 0.05) is 24.0 Å². The fourth-order valence-corrected chi connectivity index (χ4v) is 4.61. The highest BCUT2D eigenvalue weighted by atomic mass is 32.2. The number of carbonyl (C=O) groups excluding carboxylic acids is 1. The molecule has 2 aromatic heterocycles. The molecule has 1 aliphatic rings. The van der Waals surface area contributed by atoms with Gasteiger partial charge in [0.25, 0.3) is 10.0 Å². The van der Waals surface area contributed by atoms with Crippen LogP contribution in [-0.4, -0.2) is 24.1 Å². The van der Waals surface area contributed by atoms with E-state index >= 15 is 0 Å². The number of carbonyl (C=O) groups is 1. The maximum Gasteiger partial charge on any atom is 0.273 e. The number of sulfonamides is 1. The first-order chi connectivity index (χ1) is 9.87. The first-order valence-corrected chi connectivity index (χ1v) is 8.78. The molecule has 1 saturated carbocycles. The molecule has 112 valence electrons. The van der Waals surface area contributed by atoms with Gasteiger partial charge >= 0.3 is 0 Å². The fourth-order valence-electron chi connectivity index (χ4n) is 2.30. The summed E-state index contributed by atoms with van der Waals surface area (Å²) >= 11 is 1.15. The van der Waals surface area contributed by atoms with Crippen LogP contribution in [0.15, 0.2) is 28.7 Å². The average molecular weight is 325 g/mol. The SMILES string of the molecule is Cc1ccc(S(=O)(=O)NC(=O)C2CC2c2cnn(C)c2)s1. The molecule has 0 spiro atoms. The van der Waals surface area contributed by atoms with Gasteiger partial charge in [0.2, 0.25) is 5.91 Å². The van der Waals surface area contributed by atoms with Crippen molar-refractivity contribution in [2.75, 3.05) is 0 Å². The molecule has 6 nitrogen and oxygen atoms in total. The van der Waals surface area contributed by atoms with Gasteiger partial charge in [0.05, 0.1) is 6.20 Å². The molecule has 2 heterocycles. The predicted molar refractivity (Wildman–Crippen MR) is 78.4 cm³/mol. The monoisotopic (exact) mass is 325 g/mol. The average Bonchev–Trinajstić information content (AvgIpc) is 2.89. The molecule has 0 radical (unpaired) electrons. The van der Waals surface area contributed by atoms with E-state index in [1.807, 2.05) is 20.2 Å². The van der Waals surface area contributed by atoms with E-state index in [0.29, 0.717) is 6.42 Å². The lowest BCUT2D eigenvalue weighted by Crippen LogP contribution is -2.31. The molecular weight excluding hydrogens is 310 g/mol. The number of hydrogen-bond donors (Lipinski definition) is 1. The summed E-state index contributed by atoms with van der Waals surface area (Å²) in [4.78, 5) is 13.0. The lowest BCUT2D eigenvalue weighted by molar-refractivity contribution is -0.120. The topological polar surface area (TPSA) is 81.1 Å². The van der Waals surface area contributed by atoms with Crippen molar-refractivity contribution >= 4 is 27.3 Å². The maximum atomic E-state index is 12.1. The number of rotatable bonds is 4. The quantitative estimate of drug-likeness (QED) is 0.921. The number of nitrogens with zero attached hydrogens (tertiary/aromatic N) is 2. The zero-order valence-electron chi connectivity index (χ0n) is 11.6. The Labute approximate surface area is 126 Å².